The van der Waals surface area contributed by atoms with Crippen LogP contribution in [0.1, 0.15) is 35.1 Å². The van der Waals surface area contributed by atoms with Gasteiger partial charge in [-0.2, -0.15) is 0 Å². The van der Waals surface area contributed by atoms with Gasteiger partial charge in [0.2, 0.25) is 0 Å². The van der Waals surface area contributed by atoms with Crippen LogP contribution in [0.25, 0.3) is 5.57 Å². The van der Waals surface area contributed by atoms with Crippen LogP contribution in [0.2, 0.25) is 0 Å². The summed E-state index contributed by atoms with van der Waals surface area (Å²) >= 11 is 0. The van der Waals surface area contributed by atoms with E-state index in [1.54, 1.807) is 5.57 Å². The molecule has 2 aliphatic rings. The number of ether oxygens (including phenoxy) is 1. The maximum Gasteiger partial charge on any atom is 0.329 e. The number of rotatable bonds is 5. The van der Waals surface area contributed by atoms with E-state index >= 15 is 0 Å². The lowest BCUT2D eigenvalue weighted by molar-refractivity contribution is -0.142. The maximum absolute atomic E-state index is 10.6. The van der Waals surface area contributed by atoms with Crippen LogP contribution >= 0.6 is 0 Å². The fourth-order valence-electron chi connectivity index (χ4n) is 4.41. The number of piperidine rings is 1. The minimum absolute atomic E-state index is 0.212. The molecule has 0 aromatic heterocycles. The second kappa shape index (κ2) is 8.72. The minimum atomic E-state index is -0.906. The Morgan fingerprint density at radius 2 is 1.46 bits per heavy atom. The Balaban J connectivity index is 1.55. The Morgan fingerprint density at radius 1 is 0.893 bits per heavy atom. The molecule has 0 atom stereocenters. The number of hydrogen-bond donors (Lipinski definition) is 1. The highest BCUT2D eigenvalue weighted by Gasteiger charge is 2.23. The number of likely N-dealkylation sites (tertiary alicyclic amines) is 1. The van der Waals surface area contributed by atoms with Crippen LogP contribution in [0.3, 0.4) is 0 Å². The average molecular weight is 377 g/mol. The summed E-state index contributed by atoms with van der Waals surface area (Å²) in [5.74, 6) is -0.906. The minimum Gasteiger partial charge on any atom is -0.480 e. The van der Waals surface area contributed by atoms with Crippen molar-refractivity contribution in [2.45, 2.75) is 25.7 Å². The molecule has 4 heteroatoms. The third-order valence-corrected chi connectivity index (χ3v) is 5.83. The summed E-state index contributed by atoms with van der Waals surface area (Å²) in [5, 5.41) is 8.67. The van der Waals surface area contributed by atoms with E-state index in [0.29, 0.717) is 6.61 Å². The molecule has 4 nitrogen and oxygen atoms in total. The number of benzene rings is 2. The van der Waals surface area contributed by atoms with Gasteiger partial charge in [-0.25, -0.2) is 4.79 Å². The summed E-state index contributed by atoms with van der Waals surface area (Å²) in [6.45, 7) is 3.06. The summed E-state index contributed by atoms with van der Waals surface area (Å²) in [7, 11) is 0. The first kappa shape index (κ1) is 18.9. The normalized spacial score (nSPS) is 17.0. The molecule has 1 aliphatic carbocycles. The Hall–Kier alpha value is -2.43. The van der Waals surface area contributed by atoms with Crippen LogP contribution in [-0.4, -0.2) is 48.8 Å². The first-order valence-electron chi connectivity index (χ1n) is 10.1. The lowest BCUT2D eigenvalue weighted by atomic mass is 9.86. The molecule has 1 N–H and O–H groups in total. The Morgan fingerprint density at radius 3 is 2.04 bits per heavy atom. The predicted octanol–water partition coefficient (Wildman–Crippen LogP) is 3.78. The lowest BCUT2D eigenvalue weighted by Crippen LogP contribution is -2.34. The summed E-state index contributed by atoms with van der Waals surface area (Å²) in [6.07, 6.45) is 4.29. The molecule has 0 spiro atoms. The second-order valence-electron chi connectivity index (χ2n) is 7.58. The Bertz CT molecular complexity index is 827. The van der Waals surface area contributed by atoms with E-state index in [1.807, 2.05) is 0 Å². The van der Waals surface area contributed by atoms with Gasteiger partial charge in [-0.1, -0.05) is 54.1 Å². The maximum atomic E-state index is 10.6. The van der Waals surface area contributed by atoms with E-state index in [4.69, 9.17) is 9.84 Å². The SMILES string of the molecule is O=C(O)COCCN1CCC(=C2c3ccccc3CCc3ccccc32)CC1. The molecule has 1 fully saturated rings. The molecule has 2 aromatic carbocycles. The number of fused-ring (bicyclic) bond motifs is 2. The van der Waals surface area contributed by atoms with E-state index in [9.17, 15) is 4.79 Å². The van der Waals surface area contributed by atoms with Crippen LogP contribution in [0, 0.1) is 0 Å². The molecule has 146 valence electrons. The van der Waals surface area contributed by atoms with Crippen LogP contribution in [0.15, 0.2) is 54.1 Å². The van der Waals surface area contributed by atoms with Gasteiger partial charge in [0.05, 0.1) is 6.61 Å². The molecular formula is C24H27NO3. The fourth-order valence-corrected chi connectivity index (χ4v) is 4.41. The topological polar surface area (TPSA) is 49.8 Å². The molecule has 0 amide bonds. The van der Waals surface area contributed by atoms with Gasteiger partial charge in [0, 0.05) is 19.6 Å². The number of carboxylic acid groups (broad SMARTS) is 1. The molecule has 0 radical (unpaired) electrons. The van der Waals surface area contributed by atoms with Crippen molar-refractivity contribution in [3.05, 3.63) is 76.4 Å². The smallest absolute Gasteiger partial charge is 0.329 e. The number of aliphatic carboxylic acids is 1. The zero-order valence-electron chi connectivity index (χ0n) is 16.2. The van der Waals surface area contributed by atoms with Crippen LogP contribution in [-0.2, 0) is 22.4 Å². The highest BCUT2D eigenvalue weighted by Crippen LogP contribution is 2.38. The van der Waals surface area contributed by atoms with Crippen molar-refractivity contribution >= 4 is 11.5 Å². The molecule has 0 unspecified atom stereocenters. The van der Waals surface area contributed by atoms with E-state index < -0.39 is 5.97 Å². The van der Waals surface area contributed by atoms with Gasteiger partial charge >= 0.3 is 5.97 Å². The van der Waals surface area contributed by atoms with E-state index in [2.05, 4.69) is 53.4 Å². The molecule has 0 bridgehead atoms. The van der Waals surface area contributed by atoms with Gasteiger partial charge in [0.25, 0.3) is 0 Å². The molecule has 1 aliphatic heterocycles. The highest BCUT2D eigenvalue weighted by atomic mass is 16.5. The van der Waals surface area contributed by atoms with Crippen molar-refractivity contribution < 1.29 is 14.6 Å². The van der Waals surface area contributed by atoms with E-state index in [0.717, 1.165) is 45.3 Å². The van der Waals surface area contributed by atoms with E-state index in [-0.39, 0.29) is 6.61 Å². The first-order valence-corrected chi connectivity index (χ1v) is 10.1. The molecule has 1 saturated heterocycles. The van der Waals surface area contributed by atoms with Gasteiger partial charge in [-0.3, -0.25) is 0 Å². The Kier molecular flexibility index (Phi) is 5.89. The summed E-state index contributed by atoms with van der Waals surface area (Å²) in [5.41, 5.74) is 8.70. The van der Waals surface area contributed by atoms with Crippen molar-refractivity contribution in [3.8, 4) is 0 Å². The Labute approximate surface area is 166 Å². The molecular weight excluding hydrogens is 350 g/mol. The second-order valence-corrected chi connectivity index (χ2v) is 7.58. The first-order chi connectivity index (χ1) is 13.7. The molecule has 4 rings (SSSR count). The largest absolute Gasteiger partial charge is 0.480 e. The number of nitrogens with zero attached hydrogens (tertiary/aromatic N) is 1. The fraction of sp³-hybridized carbons (Fsp3) is 0.375. The molecule has 1 heterocycles. The molecule has 2 aromatic rings. The van der Waals surface area contributed by atoms with Crippen molar-refractivity contribution in [1.29, 1.82) is 0 Å². The lowest BCUT2D eigenvalue weighted by Gasteiger charge is -2.30. The average Bonchev–Trinajstić information content (AvgIpc) is 2.89. The third-order valence-electron chi connectivity index (χ3n) is 5.83. The summed E-state index contributed by atoms with van der Waals surface area (Å²) in [6, 6.07) is 17.7. The number of hydrogen-bond acceptors (Lipinski definition) is 3. The van der Waals surface area contributed by atoms with Gasteiger partial charge < -0.3 is 14.7 Å². The van der Waals surface area contributed by atoms with Gasteiger partial charge in [-0.15, -0.1) is 0 Å². The standard InChI is InChI=1S/C24H27NO3/c26-23(27)17-28-16-15-25-13-11-20(12-14-25)24-21-7-3-1-5-18(21)9-10-19-6-2-4-8-22(19)24/h1-8H,9-17H2,(H,26,27). The van der Waals surface area contributed by atoms with Crippen molar-refractivity contribution in [2.24, 2.45) is 0 Å². The monoisotopic (exact) mass is 377 g/mol. The van der Waals surface area contributed by atoms with Crippen LogP contribution in [0.5, 0.6) is 0 Å². The van der Waals surface area contributed by atoms with Crippen molar-refractivity contribution in [3.63, 3.8) is 0 Å². The third kappa shape index (κ3) is 4.18. The van der Waals surface area contributed by atoms with Gasteiger partial charge in [0.15, 0.2) is 0 Å². The quantitative estimate of drug-likeness (QED) is 0.806. The van der Waals surface area contributed by atoms with Crippen molar-refractivity contribution in [2.75, 3.05) is 32.8 Å². The zero-order chi connectivity index (χ0) is 19.3. The van der Waals surface area contributed by atoms with Gasteiger partial charge in [0.1, 0.15) is 6.61 Å². The molecule has 28 heavy (non-hydrogen) atoms. The summed E-state index contributed by atoms with van der Waals surface area (Å²) in [4.78, 5) is 12.9. The molecule has 0 saturated carbocycles. The van der Waals surface area contributed by atoms with Crippen LogP contribution < -0.4 is 0 Å². The van der Waals surface area contributed by atoms with Crippen LogP contribution in [0.4, 0.5) is 0 Å². The number of aryl methyl sites for hydroxylation is 2. The number of carbonyl (C=O) groups is 1. The van der Waals surface area contributed by atoms with E-state index in [1.165, 1.54) is 27.8 Å². The number of carboxylic acids is 1. The van der Waals surface area contributed by atoms with Crippen molar-refractivity contribution in [1.82, 2.24) is 4.90 Å². The highest BCUT2D eigenvalue weighted by molar-refractivity contribution is 5.86. The summed E-state index contributed by atoms with van der Waals surface area (Å²) < 4.78 is 5.20. The predicted molar refractivity (Wildman–Crippen MR) is 110 cm³/mol. The van der Waals surface area contributed by atoms with Gasteiger partial charge in [-0.05, 0) is 53.5 Å². The zero-order valence-corrected chi connectivity index (χ0v) is 16.2.